The van der Waals surface area contributed by atoms with Gasteiger partial charge in [-0.3, -0.25) is 0 Å². The largest absolute Gasteiger partial charge is 0.508 e. The first-order valence-corrected chi connectivity index (χ1v) is 6.87. The van der Waals surface area contributed by atoms with E-state index in [1.165, 1.54) is 6.07 Å². The first-order chi connectivity index (χ1) is 10.3. The average molecular weight is 276 g/mol. The Morgan fingerprint density at radius 1 is 0.619 bits per heavy atom. The molecule has 0 bridgehead atoms. The van der Waals surface area contributed by atoms with E-state index in [-0.39, 0.29) is 17.4 Å². The maximum absolute atomic E-state index is 10.2. The molecule has 0 aromatic heterocycles. The molecule has 0 saturated heterocycles. The van der Waals surface area contributed by atoms with Crippen LogP contribution in [0.5, 0.6) is 11.5 Å². The zero-order valence-corrected chi connectivity index (χ0v) is 11.5. The molecule has 2 N–H and O–H groups in total. The molecule has 2 nitrogen and oxygen atoms in total. The highest BCUT2D eigenvalue weighted by atomic mass is 16.3. The molecule has 3 rings (SSSR count). The first-order valence-electron chi connectivity index (χ1n) is 6.87. The van der Waals surface area contributed by atoms with Crippen molar-refractivity contribution in [2.75, 3.05) is 0 Å². The van der Waals surface area contributed by atoms with Gasteiger partial charge in [0, 0.05) is 17.5 Å². The number of rotatable bonds is 3. The van der Waals surface area contributed by atoms with Gasteiger partial charge in [0.05, 0.1) is 0 Å². The number of phenols is 2. The van der Waals surface area contributed by atoms with E-state index in [1.54, 1.807) is 12.1 Å². The van der Waals surface area contributed by atoms with Crippen molar-refractivity contribution in [3.63, 3.8) is 0 Å². The van der Waals surface area contributed by atoms with E-state index in [0.717, 1.165) is 16.7 Å². The van der Waals surface area contributed by atoms with E-state index >= 15 is 0 Å². The predicted molar refractivity (Wildman–Crippen MR) is 83.6 cm³/mol. The predicted octanol–water partition coefficient (Wildman–Crippen LogP) is 4.28. The number of aromatic hydroxyl groups is 2. The summed E-state index contributed by atoms with van der Waals surface area (Å²) in [4.78, 5) is 0. The van der Waals surface area contributed by atoms with Crippen molar-refractivity contribution in [3.8, 4) is 11.5 Å². The third kappa shape index (κ3) is 2.75. The van der Waals surface area contributed by atoms with Crippen molar-refractivity contribution in [3.05, 3.63) is 95.6 Å². The van der Waals surface area contributed by atoms with Gasteiger partial charge in [-0.2, -0.15) is 0 Å². The molecule has 3 aromatic carbocycles. The molecular weight excluding hydrogens is 260 g/mol. The summed E-state index contributed by atoms with van der Waals surface area (Å²) in [5.41, 5.74) is 2.99. The molecule has 0 saturated carbocycles. The topological polar surface area (TPSA) is 40.5 Å². The zero-order chi connectivity index (χ0) is 14.7. The maximum Gasteiger partial charge on any atom is 0.123 e. The van der Waals surface area contributed by atoms with Crippen molar-refractivity contribution in [1.29, 1.82) is 0 Å². The van der Waals surface area contributed by atoms with Crippen LogP contribution < -0.4 is 0 Å². The van der Waals surface area contributed by atoms with Crippen LogP contribution in [0.1, 0.15) is 22.6 Å². The van der Waals surface area contributed by atoms with Crippen molar-refractivity contribution in [2.24, 2.45) is 0 Å². The van der Waals surface area contributed by atoms with Gasteiger partial charge in [-0.25, -0.2) is 0 Å². The Hall–Kier alpha value is -2.74. The van der Waals surface area contributed by atoms with Crippen LogP contribution in [0.25, 0.3) is 0 Å². The minimum Gasteiger partial charge on any atom is -0.508 e. The molecule has 0 unspecified atom stereocenters. The lowest BCUT2D eigenvalue weighted by molar-refractivity contribution is 0.445. The summed E-state index contributed by atoms with van der Waals surface area (Å²) in [6.45, 7) is 0. The van der Waals surface area contributed by atoms with Crippen LogP contribution in [0.2, 0.25) is 0 Å². The van der Waals surface area contributed by atoms with Crippen molar-refractivity contribution < 1.29 is 10.2 Å². The van der Waals surface area contributed by atoms with Gasteiger partial charge >= 0.3 is 0 Å². The Balaban J connectivity index is 2.17. The molecule has 3 aromatic rings. The fourth-order valence-corrected chi connectivity index (χ4v) is 2.62. The second-order valence-electron chi connectivity index (χ2n) is 5.00. The van der Waals surface area contributed by atoms with Gasteiger partial charge in [-0.15, -0.1) is 0 Å². The molecule has 2 heteroatoms. The van der Waals surface area contributed by atoms with E-state index in [4.69, 9.17) is 0 Å². The molecular formula is C19H16O2. The standard InChI is InChI=1S/C19H16O2/c20-16-11-12-17(18(21)13-16)19(14-7-3-1-4-8-14)15-9-5-2-6-10-15/h1-13,19-21H. The van der Waals surface area contributed by atoms with Crippen molar-refractivity contribution in [2.45, 2.75) is 5.92 Å². The second kappa shape index (κ2) is 5.71. The van der Waals surface area contributed by atoms with Crippen LogP contribution in [0.15, 0.2) is 78.9 Å². The number of hydrogen-bond donors (Lipinski definition) is 2. The molecule has 0 heterocycles. The van der Waals surface area contributed by atoms with Gasteiger partial charge in [0.15, 0.2) is 0 Å². The Morgan fingerprint density at radius 3 is 1.62 bits per heavy atom. The lowest BCUT2D eigenvalue weighted by Crippen LogP contribution is -2.03. The van der Waals surface area contributed by atoms with Gasteiger partial charge in [-0.05, 0) is 17.2 Å². The van der Waals surface area contributed by atoms with E-state index in [1.807, 2.05) is 60.7 Å². The summed E-state index contributed by atoms with van der Waals surface area (Å²) in [7, 11) is 0. The highest BCUT2D eigenvalue weighted by molar-refractivity contribution is 5.50. The van der Waals surface area contributed by atoms with Gasteiger partial charge in [-0.1, -0.05) is 66.7 Å². The van der Waals surface area contributed by atoms with Crippen LogP contribution >= 0.6 is 0 Å². The van der Waals surface area contributed by atoms with Crippen LogP contribution in [0.4, 0.5) is 0 Å². The number of phenolic OH excluding ortho intramolecular Hbond substituents is 2. The third-order valence-corrected chi connectivity index (χ3v) is 3.59. The Labute approximate surface area is 123 Å². The first kappa shape index (κ1) is 13.3. The molecule has 0 fully saturated rings. The Kier molecular flexibility index (Phi) is 3.61. The normalized spacial score (nSPS) is 10.7. The molecule has 0 radical (unpaired) electrons. The van der Waals surface area contributed by atoms with Crippen LogP contribution in [0.3, 0.4) is 0 Å². The summed E-state index contributed by atoms with van der Waals surface area (Å²) in [6.07, 6.45) is 0. The summed E-state index contributed by atoms with van der Waals surface area (Å²) >= 11 is 0. The third-order valence-electron chi connectivity index (χ3n) is 3.59. The summed E-state index contributed by atoms with van der Waals surface area (Å²) in [5.74, 6) is 0.108. The lowest BCUT2D eigenvalue weighted by Gasteiger charge is -2.20. The van der Waals surface area contributed by atoms with Crippen LogP contribution in [0, 0.1) is 0 Å². The number of hydrogen-bond acceptors (Lipinski definition) is 2. The minimum atomic E-state index is -0.0620. The Morgan fingerprint density at radius 2 is 1.14 bits per heavy atom. The van der Waals surface area contributed by atoms with E-state index in [0.29, 0.717) is 0 Å². The zero-order valence-electron chi connectivity index (χ0n) is 11.5. The van der Waals surface area contributed by atoms with E-state index < -0.39 is 0 Å². The van der Waals surface area contributed by atoms with Crippen molar-refractivity contribution >= 4 is 0 Å². The summed E-state index contributed by atoms with van der Waals surface area (Å²) in [6, 6.07) is 24.8. The summed E-state index contributed by atoms with van der Waals surface area (Å²) in [5, 5.41) is 19.7. The molecule has 0 aliphatic heterocycles. The molecule has 21 heavy (non-hydrogen) atoms. The Bertz CT molecular complexity index is 682. The maximum atomic E-state index is 10.2. The average Bonchev–Trinajstić information content (AvgIpc) is 2.52. The SMILES string of the molecule is Oc1ccc(C(c2ccccc2)c2ccccc2)c(O)c1. The molecule has 104 valence electrons. The monoisotopic (exact) mass is 276 g/mol. The van der Waals surface area contributed by atoms with Crippen LogP contribution in [-0.4, -0.2) is 10.2 Å². The number of benzene rings is 3. The minimum absolute atomic E-state index is 0.0620. The fourth-order valence-electron chi connectivity index (χ4n) is 2.62. The van der Waals surface area contributed by atoms with Crippen molar-refractivity contribution in [1.82, 2.24) is 0 Å². The molecule has 0 amide bonds. The van der Waals surface area contributed by atoms with Gasteiger partial charge in [0.2, 0.25) is 0 Å². The lowest BCUT2D eigenvalue weighted by atomic mass is 9.85. The van der Waals surface area contributed by atoms with Crippen LogP contribution in [-0.2, 0) is 0 Å². The van der Waals surface area contributed by atoms with E-state index in [9.17, 15) is 10.2 Å². The second-order valence-corrected chi connectivity index (χ2v) is 5.00. The summed E-state index contributed by atoms with van der Waals surface area (Å²) < 4.78 is 0. The smallest absolute Gasteiger partial charge is 0.123 e. The van der Waals surface area contributed by atoms with Gasteiger partial charge < -0.3 is 10.2 Å². The fraction of sp³-hybridized carbons (Fsp3) is 0.0526. The highest BCUT2D eigenvalue weighted by Crippen LogP contribution is 2.37. The van der Waals surface area contributed by atoms with Gasteiger partial charge in [0.1, 0.15) is 11.5 Å². The molecule has 0 atom stereocenters. The molecule has 0 aliphatic rings. The molecule has 0 spiro atoms. The van der Waals surface area contributed by atoms with Gasteiger partial charge in [0.25, 0.3) is 0 Å². The van der Waals surface area contributed by atoms with E-state index in [2.05, 4.69) is 0 Å². The molecule has 0 aliphatic carbocycles. The highest BCUT2D eigenvalue weighted by Gasteiger charge is 2.19. The quantitative estimate of drug-likeness (QED) is 0.701.